The van der Waals surface area contributed by atoms with Crippen LogP contribution in [0.4, 0.5) is 18.9 Å². The lowest BCUT2D eigenvalue weighted by atomic mass is 10.1. The van der Waals surface area contributed by atoms with E-state index in [1.54, 1.807) is 12.1 Å². The number of alkyl halides is 3. The third kappa shape index (κ3) is 6.24. The molecule has 0 saturated heterocycles. The molecule has 0 aliphatic rings. The second kappa shape index (κ2) is 9.53. The van der Waals surface area contributed by atoms with Crippen molar-refractivity contribution in [3.63, 3.8) is 0 Å². The third-order valence-electron chi connectivity index (χ3n) is 3.73. The summed E-state index contributed by atoms with van der Waals surface area (Å²) in [5.74, 6) is 0. The predicted molar refractivity (Wildman–Crippen MR) is 113 cm³/mol. The first-order valence-electron chi connectivity index (χ1n) is 8.04. The molecule has 0 aromatic heterocycles. The first-order chi connectivity index (χ1) is 13.9. The molecule has 0 radical (unpaired) electrons. The Labute approximate surface area is 183 Å². The van der Waals surface area contributed by atoms with E-state index in [1.807, 2.05) is 24.3 Å². The fourth-order valence-corrected chi connectivity index (χ4v) is 3.79. The van der Waals surface area contributed by atoms with E-state index in [1.165, 1.54) is 12.1 Å². The summed E-state index contributed by atoms with van der Waals surface area (Å²) in [5.41, 5.74) is 0.839. The Morgan fingerprint density at radius 3 is 1.90 bits per heavy atom. The van der Waals surface area contributed by atoms with Gasteiger partial charge in [0.1, 0.15) is 4.90 Å². The summed E-state index contributed by atoms with van der Waals surface area (Å²) in [6.45, 7) is 0. The molecule has 0 unspecified atom stereocenters. The third-order valence-corrected chi connectivity index (χ3v) is 5.59. The van der Waals surface area contributed by atoms with Crippen LogP contribution in [0.1, 0.15) is 5.56 Å². The molecule has 1 N–H and O–H groups in total. The van der Waals surface area contributed by atoms with Crippen molar-refractivity contribution in [1.82, 2.24) is 0 Å². The van der Waals surface area contributed by atoms with E-state index in [4.69, 9.17) is 4.55 Å². The van der Waals surface area contributed by atoms with Crippen LogP contribution in [0.15, 0.2) is 77.7 Å². The first kappa shape index (κ1) is 23.8. The largest absolute Gasteiger partial charge is 0.417 e. The smallest absolute Gasteiger partial charge is 0.282 e. The minimum absolute atomic E-state index is 0.120. The SMILES string of the molecule is O=S(=O)(O)c1ccccc1C(F)(F)F.O=[N+]([O-])c1ccc(-c2ccccc2I)cc1. The van der Waals surface area contributed by atoms with Gasteiger partial charge in [0.05, 0.1) is 10.5 Å². The Morgan fingerprint density at radius 1 is 0.900 bits per heavy atom. The van der Waals surface area contributed by atoms with Crippen molar-refractivity contribution in [3.8, 4) is 11.1 Å². The van der Waals surface area contributed by atoms with Crippen LogP contribution in [-0.2, 0) is 16.3 Å². The average molecular weight is 551 g/mol. The molecule has 0 aliphatic heterocycles. The Kier molecular flexibility index (Phi) is 7.55. The van der Waals surface area contributed by atoms with Crippen LogP contribution in [0.5, 0.6) is 0 Å². The zero-order chi connectivity index (χ0) is 22.5. The number of benzene rings is 3. The average Bonchev–Trinajstić information content (AvgIpc) is 2.68. The molecule has 0 atom stereocenters. The second-order valence-corrected chi connectivity index (χ2v) is 8.30. The summed E-state index contributed by atoms with van der Waals surface area (Å²) in [7, 11) is -4.84. The molecule has 3 rings (SSSR count). The monoisotopic (exact) mass is 551 g/mol. The van der Waals surface area contributed by atoms with Gasteiger partial charge in [0, 0.05) is 15.7 Å². The number of nitro groups is 1. The van der Waals surface area contributed by atoms with E-state index < -0.39 is 26.8 Å². The molecule has 0 heterocycles. The van der Waals surface area contributed by atoms with Gasteiger partial charge in [-0.2, -0.15) is 21.6 Å². The molecule has 0 aliphatic carbocycles. The minimum atomic E-state index is -4.84. The van der Waals surface area contributed by atoms with Crippen LogP contribution in [0.2, 0.25) is 0 Å². The second-order valence-electron chi connectivity index (χ2n) is 5.75. The molecule has 0 saturated carbocycles. The van der Waals surface area contributed by atoms with Gasteiger partial charge in [0.15, 0.2) is 0 Å². The van der Waals surface area contributed by atoms with Crippen molar-refractivity contribution in [2.45, 2.75) is 11.1 Å². The predicted octanol–water partition coefficient (Wildman–Crippen LogP) is 5.82. The van der Waals surface area contributed by atoms with Gasteiger partial charge in [-0.1, -0.05) is 30.3 Å². The number of non-ortho nitro benzene ring substituents is 1. The van der Waals surface area contributed by atoms with E-state index in [2.05, 4.69) is 22.6 Å². The van der Waals surface area contributed by atoms with Crippen molar-refractivity contribution in [2.24, 2.45) is 0 Å². The number of rotatable bonds is 3. The highest BCUT2D eigenvalue weighted by molar-refractivity contribution is 14.1. The Morgan fingerprint density at radius 2 is 1.43 bits per heavy atom. The number of hydrogen-bond donors (Lipinski definition) is 1. The lowest BCUT2D eigenvalue weighted by Gasteiger charge is -2.09. The van der Waals surface area contributed by atoms with Crippen LogP contribution in [0.25, 0.3) is 11.1 Å². The molecular weight excluding hydrogens is 538 g/mol. The molecule has 0 spiro atoms. The first-order valence-corrected chi connectivity index (χ1v) is 10.6. The maximum absolute atomic E-state index is 12.2. The van der Waals surface area contributed by atoms with Crippen molar-refractivity contribution in [1.29, 1.82) is 0 Å². The Balaban J connectivity index is 0.000000216. The van der Waals surface area contributed by atoms with Gasteiger partial charge in [-0.25, -0.2) is 0 Å². The lowest BCUT2D eigenvalue weighted by Crippen LogP contribution is -2.12. The molecule has 0 amide bonds. The van der Waals surface area contributed by atoms with Crippen molar-refractivity contribution < 1.29 is 31.1 Å². The van der Waals surface area contributed by atoms with Crippen molar-refractivity contribution >= 4 is 38.4 Å². The molecular formula is C19H13F3INO5S. The normalized spacial score (nSPS) is 11.4. The van der Waals surface area contributed by atoms with E-state index >= 15 is 0 Å². The van der Waals surface area contributed by atoms with E-state index in [0.717, 1.165) is 26.8 Å². The quantitative estimate of drug-likeness (QED) is 0.192. The molecule has 3 aromatic rings. The number of hydrogen-bond acceptors (Lipinski definition) is 4. The van der Waals surface area contributed by atoms with Gasteiger partial charge in [0.25, 0.3) is 15.8 Å². The van der Waals surface area contributed by atoms with E-state index in [9.17, 15) is 31.7 Å². The summed E-state index contributed by atoms with van der Waals surface area (Å²) in [6.07, 6.45) is -4.80. The molecule has 0 fully saturated rings. The fourth-order valence-electron chi connectivity index (χ4n) is 2.38. The van der Waals surface area contributed by atoms with Crippen LogP contribution < -0.4 is 0 Å². The summed E-state index contributed by atoms with van der Waals surface area (Å²) >= 11 is 2.25. The molecule has 30 heavy (non-hydrogen) atoms. The van der Waals surface area contributed by atoms with Gasteiger partial charge in [-0.05, 0) is 64.0 Å². The van der Waals surface area contributed by atoms with Gasteiger partial charge < -0.3 is 0 Å². The van der Waals surface area contributed by atoms with Crippen molar-refractivity contribution in [2.75, 3.05) is 0 Å². The highest BCUT2D eigenvalue weighted by Crippen LogP contribution is 2.33. The van der Waals surface area contributed by atoms with Crippen LogP contribution in [0, 0.1) is 13.7 Å². The van der Waals surface area contributed by atoms with Gasteiger partial charge in [0.2, 0.25) is 0 Å². The Hall–Kier alpha value is -2.51. The fraction of sp³-hybridized carbons (Fsp3) is 0.0526. The Bertz CT molecular complexity index is 1150. The van der Waals surface area contributed by atoms with Crippen LogP contribution >= 0.6 is 22.6 Å². The minimum Gasteiger partial charge on any atom is -0.282 e. The highest BCUT2D eigenvalue weighted by atomic mass is 127. The number of nitro benzene ring substituents is 1. The van der Waals surface area contributed by atoms with Crippen LogP contribution in [-0.4, -0.2) is 17.9 Å². The highest BCUT2D eigenvalue weighted by Gasteiger charge is 2.36. The summed E-state index contributed by atoms with van der Waals surface area (Å²) in [5, 5.41) is 10.5. The maximum atomic E-state index is 12.2. The standard InChI is InChI=1S/C12H8INO2.C7H5F3O3S/c13-12-4-2-1-3-11(12)9-5-7-10(8-6-9)14(15)16;8-7(9,10)5-3-1-2-4-6(5)14(11,12)13/h1-8H;1-4H,(H,11,12,13). The number of nitrogens with zero attached hydrogens (tertiary/aromatic N) is 1. The summed E-state index contributed by atoms with van der Waals surface area (Å²) in [6, 6.07) is 18.0. The zero-order valence-corrected chi connectivity index (χ0v) is 17.8. The molecule has 6 nitrogen and oxygen atoms in total. The maximum Gasteiger partial charge on any atom is 0.417 e. The molecule has 0 bridgehead atoms. The van der Waals surface area contributed by atoms with Gasteiger partial charge in [-0.15, -0.1) is 0 Å². The van der Waals surface area contributed by atoms with E-state index in [0.29, 0.717) is 12.1 Å². The van der Waals surface area contributed by atoms with Gasteiger partial charge >= 0.3 is 6.18 Å². The van der Waals surface area contributed by atoms with Crippen molar-refractivity contribution in [3.05, 3.63) is 92.0 Å². The molecule has 11 heteroatoms. The molecule has 3 aromatic carbocycles. The molecule has 158 valence electrons. The summed E-state index contributed by atoms with van der Waals surface area (Å²) < 4.78 is 67.4. The van der Waals surface area contributed by atoms with Gasteiger partial charge in [-0.3, -0.25) is 14.7 Å². The lowest BCUT2D eigenvalue weighted by molar-refractivity contribution is -0.384. The zero-order valence-electron chi connectivity index (χ0n) is 14.9. The van der Waals surface area contributed by atoms with Crippen LogP contribution in [0.3, 0.4) is 0 Å². The number of halogens is 4. The summed E-state index contributed by atoms with van der Waals surface area (Å²) in [4.78, 5) is 9.00. The van der Waals surface area contributed by atoms with E-state index in [-0.39, 0.29) is 10.6 Å². The topological polar surface area (TPSA) is 97.5 Å².